The van der Waals surface area contributed by atoms with Crippen molar-refractivity contribution < 1.29 is 14.3 Å². The minimum absolute atomic E-state index is 0.157. The molecule has 0 spiro atoms. The summed E-state index contributed by atoms with van der Waals surface area (Å²) >= 11 is 9.99. The van der Waals surface area contributed by atoms with Crippen LogP contribution in [0.4, 0.5) is 11.4 Å². The molecule has 9 heteroatoms. The zero-order valence-electron chi connectivity index (χ0n) is 15.9. The van der Waals surface area contributed by atoms with Gasteiger partial charge >= 0.3 is 0 Å². The van der Waals surface area contributed by atoms with Crippen LogP contribution in [-0.4, -0.2) is 23.5 Å². The number of halogens is 1. The zero-order chi connectivity index (χ0) is 21.5. The van der Waals surface area contributed by atoms with Crippen molar-refractivity contribution in [1.82, 2.24) is 5.32 Å². The Hall–Kier alpha value is -2.75. The lowest BCUT2D eigenvalue weighted by Gasteiger charge is -2.11. The van der Waals surface area contributed by atoms with E-state index < -0.39 is 0 Å². The predicted octanol–water partition coefficient (Wildman–Crippen LogP) is 5.29. The summed E-state index contributed by atoms with van der Waals surface area (Å²) in [5, 5.41) is 10.4. The smallest absolute Gasteiger partial charge is 0.265 e. The van der Waals surface area contributed by atoms with Gasteiger partial charge in [0.05, 0.1) is 16.0 Å². The molecule has 30 heavy (non-hydrogen) atoms. The largest absolute Gasteiger partial charge is 0.493 e. The molecule has 0 unspecified atom stereocenters. The number of benzene rings is 2. The Kier molecular flexibility index (Phi) is 7.56. The van der Waals surface area contributed by atoms with Crippen LogP contribution in [0.2, 0.25) is 0 Å². The van der Waals surface area contributed by atoms with Crippen molar-refractivity contribution >= 4 is 67.8 Å². The molecular formula is C21H18BrN3O3S2. The standard InChI is InChI=1S/C21H18BrN3O3S2/c1-2-28-17-10-5-13(12-16(17)22)19(26)25-21(29)24-15-8-6-14(7-9-15)23-20(27)18-4-3-11-30-18/h3-12H,2H2,1H3,(H,23,27)(H2,24,25,26,29). The summed E-state index contributed by atoms with van der Waals surface area (Å²) in [5.74, 6) is 0.173. The molecule has 1 heterocycles. The molecule has 0 bridgehead atoms. The van der Waals surface area contributed by atoms with Gasteiger partial charge in [0.2, 0.25) is 0 Å². The van der Waals surface area contributed by atoms with Gasteiger partial charge in [-0.25, -0.2) is 0 Å². The third kappa shape index (κ3) is 5.88. The molecule has 154 valence electrons. The van der Waals surface area contributed by atoms with Gasteiger partial charge in [-0.05, 0) is 89.0 Å². The molecular weight excluding hydrogens is 486 g/mol. The summed E-state index contributed by atoms with van der Waals surface area (Å²) < 4.78 is 6.13. The van der Waals surface area contributed by atoms with Crippen LogP contribution in [-0.2, 0) is 0 Å². The van der Waals surface area contributed by atoms with E-state index in [0.29, 0.717) is 38.6 Å². The molecule has 0 saturated heterocycles. The highest BCUT2D eigenvalue weighted by Gasteiger charge is 2.11. The fraction of sp³-hybridized carbons (Fsp3) is 0.0952. The van der Waals surface area contributed by atoms with Crippen LogP contribution >= 0.6 is 39.5 Å². The van der Waals surface area contributed by atoms with Crippen LogP contribution in [0.15, 0.2) is 64.5 Å². The van der Waals surface area contributed by atoms with Gasteiger partial charge in [0, 0.05) is 16.9 Å². The third-order valence-electron chi connectivity index (χ3n) is 3.87. The number of nitrogens with one attached hydrogen (secondary N) is 3. The lowest BCUT2D eigenvalue weighted by atomic mass is 10.2. The van der Waals surface area contributed by atoms with Crippen LogP contribution < -0.4 is 20.7 Å². The number of carbonyl (C=O) groups is 2. The zero-order valence-corrected chi connectivity index (χ0v) is 19.1. The maximum absolute atomic E-state index is 12.4. The predicted molar refractivity (Wildman–Crippen MR) is 128 cm³/mol. The first-order valence-electron chi connectivity index (χ1n) is 8.96. The Balaban J connectivity index is 1.55. The Labute approximate surface area is 191 Å². The van der Waals surface area contributed by atoms with E-state index in [0.717, 1.165) is 0 Å². The van der Waals surface area contributed by atoms with Crippen molar-refractivity contribution in [2.24, 2.45) is 0 Å². The molecule has 0 fully saturated rings. The number of ether oxygens (including phenoxy) is 1. The van der Waals surface area contributed by atoms with E-state index in [4.69, 9.17) is 17.0 Å². The fourth-order valence-corrected chi connectivity index (χ4v) is 3.81. The van der Waals surface area contributed by atoms with Crippen LogP contribution in [0.3, 0.4) is 0 Å². The number of thiophene rings is 1. The van der Waals surface area contributed by atoms with Crippen molar-refractivity contribution in [2.75, 3.05) is 17.2 Å². The van der Waals surface area contributed by atoms with Gasteiger partial charge in [-0.3, -0.25) is 14.9 Å². The molecule has 0 aliphatic carbocycles. The number of anilines is 2. The lowest BCUT2D eigenvalue weighted by molar-refractivity contribution is 0.0976. The second-order valence-electron chi connectivity index (χ2n) is 6.00. The first kappa shape index (κ1) is 21.9. The number of carbonyl (C=O) groups excluding carboxylic acids is 2. The fourth-order valence-electron chi connectivity index (χ4n) is 2.49. The van der Waals surface area contributed by atoms with Gasteiger partial charge in [-0.15, -0.1) is 11.3 Å². The average Bonchev–Trinajstić information content (AvgIpc) is 3.26. The highest BCUT2D eigenvalue weighted by atomic mass is 79.9. The molecule has 3 aromatic rings. The minimum atomic E-state index is -0.337. The Bertz CT molecular complexity index is 1050. The van der Waals surface area contributed by atoms with E-state index in [2.05, 4.69) is 31.9 Å². The van der Waals surface area contributed by atoms with E-state index in [1.165, 1.54) is 11.3 Å². The maximum Gasteiger partial charge on any atom is 0.265 e. The normalized spacial score (nSPS) is 10.2. The molecule has 6 nitrogen and oxygen atoms in total. The van der Waals surface area contributed by atoms with E-state index >= 15 is 0 Å². The first-order valence-corrected chi connectivity index (χ1v) is 11.0. The van der Waals surface area contributed by atoms with Crippen molar-refractivity contribution in [2.45, 2.75) is 6.92 Å². The second-order valence-corrected chi connectivity index (χ2v) is 8.21. The second kappa shape index (κ2) is 10.3. The maximum atomic E-state index is 12.4. The summed E-state index contributed by atoms with van der Waals surface area (Å²) in [4.78, 5) is 25.1. The van der Waals surface area contributed by atoms with Crippen molar-refractivity contribution in [1.29, 1.82) is 0 Å². The first-order chi connectivity index (χ1) is 14.5. The Morgan fingerprint density at radius 3 is 2.33 bits per heavy atom. The summed E-state index contributed by atoms with van der Waals surface area (Å²) in [6.07, 6.45) is 0. The number of thiocarbonyl (C=S) groups is 1. The molecule has 0 aliphatic heterocycles. The summed E-state index contributed by atoms with van der Waals surface area (Å²) in [7, 11) is 0. The minimum Gasteiger partial charge on any atom is -0.493 e. The molecule has 3 N–H and O–H groups in total. The van der Waals surface area contributed by atoms with Gasteiger partial charge in [0.15, 0.2) is 5.11 Å². The van der Waals surface area contributed by atoms with Gasteiger partial charge in [-0.2, -0.15) is 0 Å². The number of hydrogen-bond acceptors (Lipinski definition) is 5. The average molecular weight is 504 g/mol. The number of rotatable bonds is 6. The van der Waals surface area contributed by atoms with Crippen LogP contribution in [0, 0.1) is 0 Å². The summed E-state index contributed by atoms with van der Waals surface area (Å²) in [6, 6.07) is 15.7. The van der Waals surface area contributed by atoms with Crippen LogP contribution in [0.5, 0.6) is 5.75 Å². The molecule has 0 saturated carbocycles. The lowest BCUT2D eigenvalue weighted by Crippen LogP contribution is -2.34. The topological polar surface area (TPSA) is 79.5 Å². The van der Waals surface area contributed by atoms with E-state index in [9.17, 15) is 9.59 Å². The molecule has 2 amide bonds. The van der Waals surface area contributed by atoms with Crippen molar-refractivity contribution in [3.8, 4) is 5.75 Å². The third-order valence-corrected chi connectivity index (χ3v) is 5.56. The van der Waals surface area contributed by atoms with Gasteiger partial charge in [0.1, 0.15) is 5.75 Å². The monoisotopic (exact) mass is 503 g/mol. The number of amides is 2. The van der Waals surface area contributed by atoms with Crippen LogP contribution in [0.25, 0.3) is 0 Å². The van der Waals surface area contributed by atoms with E-state index in [1.54, 1.807) is 48.5 Å². The van der Waals surface area contributed by atoms with Crippen molar-refractivity contribution in [3.63, 3.8) is 0 Å². The molecule has 0 aliphatic rings. The SMILES string of the molecule is CCOc1ccc(C(=O)NC(=S)Nc2ccc(NC(=O)c3cccs3)cc2)cc1Br. The van der Waals surface area contributed by atoms with E-state index in [-0.39, 0.29) is 16.9 Å². The quantitative estimate of drug-likeness (QED) is 0.398. The van der Waals surface area contributed by atoms with Gasteiger partial charge < -0.3 is 15.4 Å². The Morgan fingerprint density at radius 2 is 1.73 bits per heavy atom. The highest BCUT2D eigenvalue weighted by Crippen LogP contribution is 2.26. The summed E-state index contributed by atoms with van der Waals surface area (Å²) in [6.45, 7) is 2.43. The highest BCUT2D eigenvalue weighted by molar-refractivity contribution is 9.10. The van der Waals surface area contributed by atoms with Crippen molar-refractivity contribution in [3.05, 3.63) is 74.9 Å². The Morgan fingerprint density at radius 1 is 1.03 bits per heavy atom. The molecule has 1 aromatic heterocycles. The molecule has 2 aromatic carbocycles. The van der Waals surface area contributed by atoms with Crippen LogP contribution in [0.1, 0.15) is 27.0 Å². The van der Waals surface area contributed by atoms with E-state index in [1.807, 2.05) is 18.4 Å². The number of hydrogen-bond donors (Lipinski definition) is 3. The molecule has 0 atom stereocenters. The summed E-state index contributed by atoms with van der Waals surface area (Å²) in [5.41, 5.74) is 1.79. The van der Waals surface area contributed by atoms with Gasteiger partial charge in [0.25, 0.3) is 11.8 Å². The molecule has 0 radical (unpaired) electrons. The van der Waals surface area contributed by atoms with Gasteiger partial charge in [-0.1, -0.05) is 6.07 Å². The molecule has 3 rings (SSSR count).